The average molecular weight is 270 g/mol. The van der Waals surface area contributed by atoms with Crippen LogP contribution in [0.25, 0.3) is 0 Å². The molecule has 0 spiro atoms. The van der Waals surface area contributed by atoms with Crippen LogP contribution in [0.3, 0.4) is 0 Å². The average Bonchev–Trinajstić information content (AvgIpc) is 2.81. The highest BCUT2D eigenvalue weighted by atomic mass is 35.5. The van der Waals surface area contributed by atoms with Gasteiger partial charge in [0.25, 0.3) is 0 Å². The van der Waals surface area contributed by atoms with E-state index in [4.69, 9.17) is 11.6 Å². The molecule has 17 heavy (non-hydrogen) atoms. The summed E-state index contributed by atoms with van der Waals surface area (Å²) in [4.78, 5) is 4.14. The van der Waals surface area contributed by atoms with Crippen molar-refractivity contribution in [2.24, 2.45) is 0 Å². The van der Waals surface area contributed by atoms with E-state index >= 15 is 0 Å². The van der Waals surface area contributed by atoms with Crippen LogP contribution in [0.1, 0.15) is 18.3 Å². The molecule has 1 N–H and O–H groups in total. The lowest BCUT2D eigenvalue weighted by Crippen LogP contribution is -1.99. The minimum Gasteiger partial charge on any atom is -0.262 e. The Labute approximate surface area is 107 Å². The maximum atomic E-state index is 12.0. The quantitative estimate of drug-likeness (QED) is 0.927. The summed E-state index contributed by atoms with van der Waals surface area (Å²) in [5.41, 5.74) is 0.843. The third kappa shape index (κ3) is 2.92. The molecule has 0 amide bonds. The number of nitrogens with one attached hydrogen (secondary N) is 1. The van der Waals surface area contributed by atoms with E-state index in [1.165, 1.54) is 0 Å². The summed E-state index contributed by atoms with van der Waals surface area (Å²) < 4.78 is 12.0. The first kappa shape index (κ1) is 12.3. The van der Waals surface area contributed by atoms with Crippen LogP contribution in [-0.4, -0.2) is 19.4 Å². The first-order valence-corrected chi connectivity index (χ1v) is 6.93. The summed E-state index contributed by atoms with van der Waals surface area (Å²) >= 11 is 6.01. The lowest BCUT2D eigenvalue weighted by molar-refractivity contribution is 0.675. The molecule has 1 heterocycles. The third-order valence-corrected chi connectivity index (χ3v) is 3.83. The van der Waals surface area contributed by atoms with Crippen LogP contribution in [0.4, 0.5) is 0 Å². The summed E-state index contributed by atoms with van der Waals surface area (Å²) in [5, 5.41) is 7.64. The molecule has 0 saturated carbocycles. The normalized spacial score (nSPS) is 12.6. The number of hydrogen-bond acceptors (Lipinski definition) is 3. The summed E-state index contributed by atoms with van der Waals surface area (Å²) in [5.74, 6) is 1.08. The van der Waals surface area contributed by atoms with Gasteiger partial charge in [-0.15, -0.1) is 5.10 Å². The first-order valence-electron chi connectivity index (χ1n) is 5.23. The SMILES string of the molecule is CCc1nc([S@@](=O)Cc2ccccc2Cl)n[nH]1. The van der Waals surface area contributed by atoms with Crippen LogP contribution in [0.5, 0.6) is 0 Å². The number of nitrogens with zero attached hydrogens (tertiary/aromatic N) is 2. The Bertz CT molecular complexity index is 541. The third-order valence-electron chi connectivity index (χ3n) is 2.29. The number of rotatable bonds is 4. The van der Waals surface area contributed by atoms with Gasteiger partial charge in [-0.1, -0.05) is 36.7 Å². The molecule has 1 aromatic heterocycles. The van der Waals surface area contributed by atoms with Crippen molar-refractivity contribution in [2.45, 2.75) is 24.3 Å². The Morgan fingerprint density at radius 2 is 2.18 bits per heavy atom. The molecule has 0 aliphatic carbocycles. The summed E-state index contributed by atoms with van der Waals surface area (Å²) in [6.07, 6.45) is 0.746. The fraction of sp³-hybridized carbons (Fsp3) is 0.273. The van der Waals surface area contributed by atoms with Gasteiger partial charge in [-0.05, 0) is 11.6 Å². The molecular formula is C11H12ClN3OS. The maximum absolute atomic E-state index is 12.0. The molecule has 90 valence electrons. The zero-order valence-corrected chi connectivity index (χ0v) is 10.9. The van der Waals surface area contributed by atoms with E-state index in [0.717, 1.165) is 17.8 Å². The Kier molecular flexibility index (Phi) is 3.91. The number of H-pyrrole nitrogens is 1. The Morgan fingerprint density at radius 1 is 1.41 bits per heavy atom. The standard InChI is InChI=1S/C11H12ClN3OS/c1-2-10-13-11(15-14-10)17(16)7-8-5-3-4-6-9(8)12/h3-6H,2,7H2,1H3,(H,13,14,15)/t17-/m0/s1. The van der Waals surface area contributed by atoms with Crippen LogP contribution in [0, 0.1) is 0 Å². The second-order valence-corrected chi connectivity index (χ2v) is 5.25. The topological polar surface area (TPSA) is 58.6 Å². The van der Waals surface area contributed by atoms with Gasteiger partial charge in [0.05, 0.1) is 16.6 Å². The molecule has 2 rings (SSSR count). The second-order valence-electron chi connectivity index (χ2n) is 3.50. The second kappa shape index (κ2) is 5.42. The molecule has 0 fully saturated rings. The van der Waals surface area contributed by atoms with E-state index in [1.807, 2.05) is 25.1 Å². The molecule has 2 aromatic rings. The van der Waals surface area contributed by atoms with Crippen molar-refractivity contribution >= 4 is 22.4 Å². The van der Waals surface area contributed by atoms with Crippen LogP contribution < -0.4 is 0 Å². The highest BCUT2D eigenvalue weighted by molar-refractivity contribution is 7.84. The van der Waals surface area contributed by atoms with Gasteiger partial charge in [0.15, 0.2) is 0 Å². The summed E-state index contributed by atoms with van der Waals surface area (Å²) in [6, 6.07) is 7.35. The number of aryl methyl sites for hydroxylation is 1. The zero-order valence-electron chi connectivity index (χ0n) is 9.31. The van der Waals surface area contributed by atoms with E-state index in [0.29, 0.717) is 15.9 Å². The number of aromatic amines is 1. The number of hydrogen-bond donors (Lipinski definition) is 1. The van der Waals surface area contributed by atoms with Gasteiger partial charge in [0.2, 0.25) is 5.16 Å². The lowest BCUT2D eigenvalue weighted by Gasteiger charge is -2.01. The van der Waals surface area contributed by atoms with Crippen molar-refractivity contribution < 1.29 is 4.21 Å². The van der Waals surface area contributed by atoms with E-state index < -0.39 is 10.8 Å². The predicted molar refractivity (Wildman–Crippen MR) is 67.3 cm³/mol. The van der Waals surface area contributed by atoms with Gasteiger partial charge in [-0.3, -0.25) is 9.31 Å². The smallest absolute Gasteiger partial charge is 0.239 e. The predicted octanol–water partition coefficient (Wildman–Crippen LogP) is 2.33. The molecule has 0 radical (unpaired) electrons. The zero-order chi connectivity index (χ0) is 12.3. The lowest BCUT2D eigenvalue weighted by atomic mass is 10.2. The van der Waals surface area contributed by atoms with Gasteiger partial charge in [0, 0.05) is 11.4 Å². The highest BCUT2D eigenvalue weighted by Gasteiger charge is 2.12. The fourth-order valence-corrected chi connectivity index (χ4v) is 2.66. The molecule has 0 saturated heterocycles. The van der Waals surface area contributed by atoms with Crippen LogP contribution in [0.2, 0.25) is 5.02 Å². The van der Waals surface area contributed by atoms with Crippen molar-refractivity contribution in [1.82, 2.24) is 15.2 Å². The monoisotopic (exact) mass is 269 g/mol. The molecule has 0 aliphatic heterocycles. The minimum atomic E-state index is -1.26. The number of benzene rings is 1. The van der Waals surface area contributed by atoms with Crippen LogP contribution >= 0.6 is 11.6 Å². The van der Waals surface area contributed by atoms with E-state index in [2.05, 4.69) is 15.2 Å². The van der Waals surface area contributed by atoms with Gasteiger partial charge < -0.3 is 0 Å². The van der Waals surface area contributed by atoms with Gasteiger partial charge in [0.1, 0.15) is 5.82 Å². The van der Waals surface area contributed by atoms with Crippen molar-refractivity contribution in [2.75, 3.05) is 0 Å². The summed E-state index contributed by atoms with van der Waals surface area (Å²) in [6.45, 7) is 1.96. The van der Waals surface area contributed by atoms with Crippen molar-refractivity contribution in [3.63, 3.8) is 0 Å². The number of halogens is 1. The van der Waals surface area contributed by atoms with Crippen LogP contribution in [0.15, 0.2) is 29.4 Å². The van der Waals surface area contributed by atoms with Crippen molar-refractivity contribution in [3.8, 4) is 0 Å². The molecule has 1 atom stereocenters. The van der Waals surface area contributed by atoms with Crippen LogP contribution in [-0.2, 0) is 23.0 Å². The molecular weight excluding hydrogens is 258 g/mol. The Balaban J connectivity index is 2.14. The largest absolute Gasteiger partial charge is 0.262 e. The molecule has 0 unspecified atom stereocenters. The van der Waals surface area contributed by atoms with Crippen molar-refractivity contribution in [1.29, 1.82) is 0 Å². The molecule has 0 bridgehead atoms. The van der Waals surface area contributed by atoms with E-state index in [1.54, 1.807) is 6.07 Å². The summed E-state index contributed by atoms with van der Waals surface area (Å²) in [7, 11) is -1.26. The van der Waals surface area contributed by atoms with E-state index in [9.17, 15) is 4.21 Å². The minimum absolute atomic E-state index is 0.334. The molecule has 6 heteroatoms. The van der Waals surface area contributed by atoms with Gasteiger partial charge >= 0.3 is 0 Å². The van der Waals surface area contributed by atoms with Gasteiger partial charge in [-0.25, -0.2) is 4.98 Å². The highest BCUT2D eigenvalue weighted by Crippen LogP contribution is 2.18. The molecule has 4 nitrogen and oxygen atoms in total. The number of aromatic nitrogens is 3. The first-order chi connectivity index (χ1) is 8.20. The van der Waals surface area contributed by atoms with Crippen molar-refractivity contribution in [3.05, 3.63) is 40.7 Å². The Hall–Kier alpha value is -1.20. The maximum Gasteiger partial charge on any atom is 0.239 e. The van der Waals surface area contributed by atoms with E-state index in [-0.39, 0.29) is 0 Å². The molecule has 0 aliphatic rings. The molecule has 1 aromatic carbocycles. The fourth-order valence-electron chi connectivity index (χ4n) is 1.36. The van der Waals surface area contributed by atoms with Gasteiger partial charge in [-0.2, -0.15) is 0 Å². The Morgan fingerprint density at radius 3 is 2.82 bits per heavy atom.